The molecule has 2 N–H and O–H groups in total. The third-order valence-corrected chi connectivity index (χ3v) is 16.3. The topological polar surface area (TPSA) is 126 Å². The molecule has 8 nitrogen and oxygen atoms in total. The van der Waals surface area contributed by atoms with Gasteiger partial charge in [0.1, 0.15) is 0 Å². The van der Waals surface area contributed by atoms with Crippen LogP contribution in [0.25, 0.3) is 66.4 Å². The summed E-state index contributed by atoms with van der Waals surface area (Å²) in [7, 11) is 0. The van der Waals surface area contributed by atoms with E-state index in [-0.39, 0.29) is 70.2 Å². The van der Waals surface area contributed by atoms with Crippen LogP contribution in [-0.2, 0) is 25.7 Å². The van der Waals surface area contributed by atoms with E-state index in [1.807, 2.05) is 0 Å². The fourth-order valence-corrected chi connectivity index (χ4v) is 11.6. The first-order valence-electron chi connectivity index (χ1n) is 32.3. The molecule has 10 heteroatoms. The number of pyridine rings is 4. The van der Waals surface area contributed by atoms with Crippen molar-refractivity contribution in [3.8, 4) is 22.8 Å². The summed E-state index contributed by atoms with van der Waals surface area (Å²) in [5.41, 5.74) is 13.7. The SMILES string of the molecule is CCCCCCCCc1cc(-c2cc(CCCCCCCC)c3ccccc3n2)nc2ccccc12.CCCCCCCCc1cc(-c2cc(CCCCCCCC)c3ccccc3n2)nc2ccccc12.O=C(O)c1ccccc1C(=O)O.[NaH].[NaH]. The van der Waals surface area contributed by atoms with Crippen molar-refractivity contribution in [2.24, 2.45) is 0 Å². The Morgan fingerprint density at radius 1 is 0.291 bits per heavy atom. The molecule has 0 aliphatic heterocycles. The van der Waals surface area contributed by atoms with Gasteiger partial charge < -0.3 is 10.2 Å². The van der Waals surface area contributed by atoms with E-state index in [4.69, 9.17) is 30.1 Å². The summed E-state index contributed by atoms with van der Waals surface area (Å²) in [5.74, 6) is -2.46. The Labute approximate surface area is 558 Å². The Balaban J connectivity index is 0.000000258. The van der Waals surface area contributed by atoms with Crippen LogP contribution in [0, 0.1) is 0 Å². The average Bonchev–Trinajstić information content (AvgIpc) is 1.07. The number of aryl methyl sites for hydroxylation is 4. The molecule has 9 aromatic rings. The van der Waals surface area contributed by atoms with Crippen molar-refractivity contribution in [2.45, 2.75) is 207 Å². The van der Waals surface area contributed by atoms with Gasteiger partial charge in [-0.2, -0.15) is 0 Å². The number of rotatable bonds is 32. The summed E-state index contributed by atoms with van der Waals surface area (Å²) in [6.45, 7) is 9.13. The van der Waals surface area contributed by atoms with Crippen LogP contribution in [0.15, 0.2) is 146 Å². The predicted molar refractivity (Wildman–Crippen MR) is 368 cm³/mol. The Morgan fingerprint density at radius 2 is 0.488 bits per heavy atom. The maximum absolute atomic E-state index is 10.5. The van der Waals surface area contributed by atoms with E-state index in [1.165, 1.54) is 222 Å². The van der Waals surface area contributed by atoms with Crippen molar-refractivity contribution in [1.29, 1.82) is 0 Å². The van der Waals surface area contributed by atoms with E-state index in [2.05, 4.69) is 149 Å². The minimum atomic E-state index is -1.23. The number of aromatic carboxylic acids is 2. The van der Waals surface area contributed by atoms with Gasteiger partial charge in [0, 0.05) is 21.5 Å². The molecule has 0 aliphatic rings. The van der Waals surface area contributed by atoms with Gasteiger partial charge in [-0.05, 0) is 134 Å². The van der Waals surface area contributed by atoms with Gasteiger partial charge in [-0.1, -0.05) is 241 Å². The van der Waals surface area contributed by atoms with Crippen molar-refractivity contribution in [3.05, 3.63) is 179 Å². The van der Waals surface area contributed by atoms with E-state index in [0.717, 1.165) is 70.5 Å². The molecule has 4 heterocycles. The molecule has 86 heavy (non-hydrogen) atoms. The number of hydrogen-bond acceptors (Lipinski definition) is 6. The van der Waals surface area contributed by atoms with Crippen molar-refractivity contribution in [1.82, 2.24) is 19.9 Å². The van der Waals surface area contributed by atoms with Gasteiger partial charge in [-0.3, -0.25) is 0 Å². The van der Waals surface area contributed by atoms with Crippen LogP contribution in [0.5, 0.6) is 0 Å². The van der Waals surface area contributed by atoms with Crippen molar-refractivity contribution < 1.29 is 19.8 Å². The van der Waals surface area contributed by atoms with E-state index in [1.54, 1.807) is 0 Å². The molecule has 9 rings (SSSR count). The number of nitrogens with zero attached hydrogens (tertiary/aromatic N) is 4. The van der Waals surface area contributed by atoms with Gasteiger partial charge >= 0.3 is 71.1 Å². The second-order valence-corrected chi connectivity index (χ2v) is 23.0. The van der Waals surface area contributed by atoms with Crippen molar-refractivity contribution in [3.63, 3.8) is 0 Å². The first-order valence-corrected chi connectivity index (χ1v) is 32.3. The standard InChI is InChI=1S/2C34H44N2.C8H6O4.2Na.2H/c2*1-3-5-7-9-11-13-19-27-25-33(35-31-23-17-15-21-29(27)31)34-26-28(20-14-12-10-8-6-4-2)30-22-16-18-24-32(30)36-34;9-7(10)5-3-1-2-4-6(5)8(11)12;;;;/h2*15-18,21-26H,3-14,19-20H2,1-2H3;1-4H,(H,9,10)(H,11,12);;;;. The van der Waals surface area contributed by atoms with Crippen molar-refractivity contribution >= 4 is 115 Å². The zero-order chi connectivity index (χ0) is 59.1. The van der Waals surface area contributed by atoms with Crippen LogP contribution in [-0.4, -0.2) is 101 Å². The first kappa shape index (κ1) is 71.4. The van der Waals surface area contributed by atoms with Gasteiger partial charge in [0.25, 0.3) is 0 Å². The molecule has 0 saturated carbocycles. The zero-order valence-electron chi connectivity index (χ0n) is 51.2. The van der Waals surface area contributed by atoms with Crippen LogP contribution in [0.2, 0.25) is 0 Å². The Morgan fingerprint density at radius 3 is 0.709 bits per heavy atom. The number of benzene rings is 5. The number of carbonyl (C=O) groups is 2. The molecule has 0 unspecified atom stereocenters. The van der Waals surface area contributed by atoms with E-state index >= 15 is 0 Å². The summed E-state index contributed by atoms with van der Waals surface area (Å²) in [4.78, 5) is 41.3. The number of hydrogen-bond donors (Lipinski definition) is 2. The number of unbranched alkanes of at least 4 members (excludes halogenated alkanes) is 20. The van der Waals surface area contributed by atoms with Crippen LogP contribution in [0.4, 0.5) is 0 Å². The number of carboxylic acids is 2. The van der Waals surface area contributed by atoms with Gasteiger partial charge in [-0.15, -0.1) is 0 Å². The maximum atomic E-state index is 10.5. The van der Waals surface area contributed by atoms with Gasteiger partial charge in [0.2, 0.25) is 0 Å². The number of aromatic nitrogens is 4. The Kier molecular flexibility index (Phi) is 33.4. The van der Waals surface area contributed by atoms with Gasteiger partial charge in [-0.25, -0.2) is 29.5 Å². The molecule has 0 fully saturated rings. The minimum absolute atomic E-state index is 0. The molecular weight excluding hydrogens is 1080 g/mol. The number of fused-ring (bicyclic) bond motifs is 4. The molecule has 0 radical (unpaired) electrons. The summed E-state index contributed by atoms with van der Waals surface area (Å²) < 4.78 is 0. The monoisotopic (exact) mass is 1170 g/mol. The molecule has 0 saturated heterocycles. The van der Waals surface area contributed by atoms with Crippen LogP contribution >= 0.6 is 0 Å². The normalized spacial score (nSPS) is 10.9. The fraction of sp³-hybridized carbons (Fsp3) is 0.421. The van der Waals surface area contributed by atoms with Gasteiger partial charge in [0.15, 0.2) is 0 Å². The molecule has 0 bridgehead atoms. The molecule has 0 aliphatic carbocycles. The van der Waals surface area contributed by atoms with Crippen molar-refractivity contribution in [2.75, 3.05) is 0 Å². The van der Waals surface area contributed by atoms with Crippen LogP contribution in [0.1, 0.15) is 225 Å². The second-order valence-electron chi connectivity index (χ2n) is 23.0. The Bertz CT molecular complexity index is 3050. The molecule has 0 amide bonds. The fourth-order valence-electron chi connectivity index (χ4n) is 11.6. The summed E-state index contributed by atoms with van der Waals surface area (Å²) in [5, 5.41) is 22.3. The molecule has 4 aromatic heterocycles. The predicted octanol–water partition coefficient (Wildman–Crippen LogP) is 20.3. The van der Waals surface area contributed by atoms with E-state index in [0.29, 0.717) is 0 Å². The van der Waals surface area contributed by atoms with E-state index < -0.39 is 11.9 Å². The number of para-hydroxylation sites is 4. The van der Waals surface area contributed by atoms with Gasteiger partial charge in [0.05, 0.1) is 56.0 Å². The summed E-state index contributed by atoms with van der Waals surface area (Å²) >= 11 is 0. The third-order valence-electron chi connectivity index (χ3n) is 16.3. The third kappa shape index (κ3) is 22.4. The quantitative estimate of drug-likeness (QED) is 0.0315. The molecule has 0 spiro atoms. The first-order chi connectivity index (χ1) is 41.2. The van der Waals surface area contributed by atoms with E-state index in [9.17, 15) is 9.59 Å². The molecular formula is C76H96N4Na2O4. The Hall–Kier alpha value is -5.32. The van der Waals surface area contributed by atoms with Crippen LogP contribution in [0.3, 0.4) is 0 Å². The molecule has 446 valence electrons. The second kappa shape index (κ2) is 40.3. The molecule has 5 aromatic carbocycles. The summed E-state index contributed by atoms with van der Waals surface area (Å²) in [6, 6.07) is 49.3. The summed E-state index contributed by atoms with van der Waals surface area (Å²) in [6.07, 6.45) is 36.1. The average molecular weight is 1180 g/mol. The molecule has 0 atom stereocenters. The zero-order valence-corrected chi connectivity index (χ0v) is 51.2. The van der Waals surface area contributed by atoms with Crippen LogP contribution < -0.4 is 0 Å². The number of carboxylic acid groups (broad SMARTS) is 2.